The van der Waals surface area contributed by atoms with Gasteiger partial charge < -0.3 is 14.5 Å². The van der Waals surface area contributed by atoms with Crippen molar-refractivity contribution in [2.24, 2.45) is 0 Å². The van der Waals surface area contributed by atoms with Crippen LogP contribution >= 0.6 is 11.6 Å². The maximum atomic E-state index is 12.9. The van der Waals surface area contributed by atoms with Gasteiger partial charge in [0.1, 0.15) is 11.9 Å². The van der Waals surface area contributed by atoms with E-state index in [1.165, 1.54) is 9.70 Å². The summed E-state index contributed by atoms with van der Waals surface area (Å²) in [6, 6.07) is 12.8. The zero-order chi connectivity index (χ0) is 25.7. The highest BCUT2D eigenvalue weighted by Crippen LogP contribution is 2.24. The number of hydrogen-bond acceptors (Lipinski definition) is 6. The minimum Gasteiger partial charge on any atom is -0.489 e. The maximum absolute atomic E-state index is 12.9. The first-order chi connectivity index (χ1) is 17.3. The number of hydrogen-bond donors (Lipinski definition) is 0. The van der Waals surface area contributed by atoms with Crippen LogP contribution in [0.3, 0.4) is 0 Å². The van der Waals surface area contributed by atoms with E-state index in [1.807, 2.05) is 35.2 Å². The lowest BCUT2D eigenvalue weighted by Crippen LogP contribution is -2.41. The summed E-state index contributed by atoms with van der Waals surface area (Å²) in [7, 11) is 3.44. The third kappa shape index (κ3) is 6.28. The molecule has 1 saturated heterocycles. The number of aryl methyl sites for hydroxylation is 1. The number of halogens is 1. The molecule has 188 valence electrons. The summed E-state index contributed by atoms with van der Waals surface area (Å²) in [4.78, 5) is 30.2. The van der Waals surface area contributed by atoms with Gasteiger partial charge in [0.15, 0.2) is 5.82 Å². The van der Waals surface area contributed by atoms with Gasteiger partial charge in [-0.05, 0) is 53.6 Å². The Morgan fingerprint density at radius 2 is 1.92 bits per heavy atom. The number of nitrogens with zero attached hydrogens (tertiary/aromatic N) is 6. The van der Waals surface area contributed by atoms with E-state index >= 15 is 0 Å². The second kappa shape index (κ2) is 11.3. The SMILES string of the molecule is Cc1nnn(Cc2cc(Cl)ccc2/C=C/C(=O)N2CCC(Oc3ccccc3C(=O)N(C)C)CC2)n1. The zero-order valence-corrected chi connectivity index (χ0v) is 21.4. The second-order valence-corrected chi connectivity index (χ2v) is 9.32. The van der Waals surface area contributed by atoms with E-state index in [2.05, 4.69) is 15.4 Å². The summed E-state index contributed by atoms with van der Waals surface area (Å²) in [6.45, 7) is 3.33. The van der Waals surface area contributed by atoms with Gasteiger partial charge in [-0.2, -0.15) is 4.80 Å². The Labute approximate surface area is 215 Å². The van der Waals surface area contributed by atoms with Crippen molar-refractivity contribution >= 4 is 29.5 Å². The van der Waals surface area contributed by atoms with E-state index in [-0.39, 0.29) is 17.9 Å². The Morgan fingerprint density at radius 3 is 2.61 bits per heavy atom. The molecule has 1 aliphatic heterocycles. The Hall–Kier alpha value is -3.72. The van der Waals surface area contributed by atoms with Crippen molar-refractivity contribution in [3.8, 4) is 5.75 Å². The van der Waals surface area contributed by atoms with Crippen molar-refractivity contribution in [1.82, 2.24) is 30.0 Å². The van der Waals surface area contributed by atoms with Crippen molar-refractivity contribution in [3.05, 3.63) is 76.1 Å². The van der Waals surface area contributed by atoms with Crippen LogP contribution in [0.5, 0.6) is 5.75 Å². The smallest absolute Gasteiger partial charge is 0.257 e. The van der Waals surface area contributed by atoms with Gasteiger partial charge in [-0.15, -0.1) is 10.2 Å². The molecule has 0 aliphatic carbocycles. The van der Waals surface area contributed by atoms with Crippen LogP contribution in [0.15, 0.2) is 48.5 Å². The molecule has 0 bridgehead atoms. The van der Waals surface area contributed by atoms with Gasteiger partial charge in [0, 0.05) is 51.1 Å². The lowest BCUT2D eigenvalue weighted by molar-refractivity contribution is -0.127. The Morgan fingerprint density at radius 1 is 1.17 bits per heavy atom. The molecule has 0 saturated carbocycles. The van der Waals surface area contributed by atoms with E-state index < -0.39 is 0 Å². The average molecular weight is 509 g/mol. The molecular weight excluding hydrogens is 480 g/mol. The molecule has 4 rings (SSSR count). The summed E-state index contributed by atoms with van der Waals surface area (Å²) >= 11 is 6.19. The van der Waals surface area contributed by atoms with E-state index in [4.69, 9.17) is 16.3 Å². The topological polar surface area (TPSA) is 93.4 Å². The molecule has 0 spiro atoms. The molecule has 3 aromatic rings. The summed E-state index contributed by atoms with van der Waals surface area (Å²) in [5, 5.41) is 12.7. The summed E-state index contributed by atoms with van der Waals surface area (Å²) in [6.07, 6.45) is 4.69. The number of carbonyl (C=O) groups is 2. The molecule has 1 aromatic heterocycles. The number of para-hydroxylation sites is 1. The average Bonchev–Trinajstić information content (AvgIpc) is 3.28. The minimum atomic E-state index is -0.0975. The lowest BCUT2D eigenvalue weighted by atomic mass is 10.1. The van der Waals surface area contributed by atoms with Crippen LogP contribution in [0.1, 0.15) is 40.2 Å². The number of ether oxygens (including phenoxy) is 1. The van der Waals surface area contributed by atoms with Crippen molar-refractivity contribution in [2.75, 3.05) is 27.2 Å². The number of benzene rings is 2. The first-order valence-corrected chi connectivity index (χ1v) is 12.1. The Kier molecular flexibility index (Phi) is 8.00. The van der Waals surface area contributed by atoms with E-state index in [0.29, 0.717) is 54.6 Å². The van der Waals surface area contributed by atoms with E-state index in [9.17, 15) is 9.59 Å². The zero-order valence-electron chi connectivity index (χ0n) is 20.6. The molecule has 0 atom stereocenters. The number of amides is 2. The highest BCUT2D eigenvalue weighted by molar-refractivity contribution is 6.30. The van der Waals surface area contributed by atoms with Gasteiger partial charge >= 0.3 is 0 Å². The van der Waals surface area contributed by atoms with Crippen LogP contribution in [0.2, 0.25) is 5.02 Å². The summed E-state index contributed by atoms with van der Waals surface area (Å²) in [5.41, 5.74) is 2.30. The predicted molar refractivity (Wildman–Crippen MR) is 137 cm³/mol. The lowest BCUT2D eigenvalue weighted by Gasteiger charge is -2.32. The van der Waals surface area contributed by atoms with Crippen LogP contribution < -0.4 is 4.74 Å². The number of piperidine rings is 1. The van der Waals surface area contributed by atoms with Gasteiger partial charge in [0.05, 0.1) is 12.1 Å². The van der Waals surface area contributed by atoms with Crippen molar-refractivity contribution in [1.29, 1.82) is 0 Å². The highest BCUT2D eigenvalue weighted by Gasteiger charge is 2.24. The summed E-state index contributed by atoms with van der Waals surface area (Å²) in [5.74, 6) is 1.00. The van der Waals surface area contributed by atoms with Gasteiger partial charge in [-0.1, -0.05) is 29.8 Å². The number of tetrazole rings is 1. The number of carbonyl (C=O) groups excluding carboxylic acids is 2. The van der Waals surface area contributed by atoms with Crippen molar-refractivity contribution in [3.63, 3.8) is 0 Å². The molecule has 9 nitrogen and oxygen atoms in total. The molecule has 0 unspecified atom stereocenters. The van der Waals surface area contributed by atoms with Crippen LogP contribution in [0.25, 0.3) is 6.08 Å². The molecule has 2 amide bonds. The fraction of sp³-hybridized carbons (Fsp3) is 0.346. The van der Waals surface area contributed by atoms with E-state index in [1.54, 1.807) is 45.3 Å². The normalized spacial score (nSPS) is 14.3. The fourth-order valence-electron chi connectivity index (χ4n) is 4.04. The molecule has 1 fully saturated rings. The number of rotatable bonds is 7. The third-order valence-electron chi connectivity index (χ3n) is 5.95. The molecule has 2 heterocycles. The largest absolute Gasteiger partial charge is 0.489 e. The van der Waals surface area contributed by atoms with Crippen LogP contribution in [0.4, 0.5) is 0 Å². The maximum Gasteiger partial charge on any atom is 0.257 e. The van der Waals surface area contributed by atoms with Gasteiger partial charge in [-0.25, -0.2) is 0 Å². The fourth-order valence-corrected chi connectivity index (χ4v) is 4.24. The van der Waals surface area contributed by atoms with Crippen molar-refractivity contribution in [2.45, 2.75) is 32.4 Å². The Bertz CT molecular complexity index is 1260. The van der Waals surface area contributed by atoms with Gasteiger partial charge in [0.2, 0.25) is 5.91 Å². The monoisotopic (exact) mass is 508 g/mol. The van der Waals surface area contributed by atoms with Gasteiger partial charge in [-0.3, -0.25) is 9.59 Å². The molecular formula is C26H29ClN6O3. The van der Waals surface area contributed by atoms with Crippen LogP contribution in [-0.4, -0.2) is 75.1 Å². The summed E-state index contributed by atoms with van der Waals surface area (Å²) < 4.78 is 6.17. The van der Waals surface area contributed by atoms with Gasteiger partial charge in [0.25, 0.3) is 5.91 Å². The van der Waals surface area contributed by atoms with Crippen LogP contribution in [-0.2, 0) is 11.3 Å². The molecule has 2 aromatic carbocycles. The minimum absolute atomic E-state index is 0.0596. The number of likely N-dealkylation sites (tertiary alicyclic amines) is 1. The first-order valence-electron chi connectivity index (χ1n) is 11.8. The van der Waals surface area contributed by atoms with Crippen molar-refractivity contribution < 1.29 is 14.3 Å². The quantitative estimate of drug-likeness (QED) is 0.454. The highest BCUT2D eigenvalue weighted by atomic mass is 35.5. The number of aromatic nitrogens is 4. The third-order valence-corrected chi connectivity index (χ3v) is 6.18. The Balaban J connectivity index is 1.36. The standard InChI is InChI=1S/C26H29ClN6O3/c1-18-28-30-33(29-18)17-20-16-21(27)10-8-19(20)9-11-25(34)32-14-12-22(13-15-32)36-24-7-5-4-6-23(24)26(35)31(2)3/h4-11,16,22H,12-15,17H2,1-3H3/b11-9+. The molecule has 0 radical (unpaired) electrons. The predicted octanol–water partition coefficient (Wildman–Crippen LogP) is 3.47. The molecule has 10 heteroatoms. The molecule has 1 aliphatic rings. The first kappa shape index (κ1) is 25.4. The van der Waals surface area contributed by atoms with E-state index in [0.717, 1.165) is 11.1 Å². The van der Waals surface area contributed by atoms with Crippen LogP contribution in [0, 0.1) is 6.92 Å². The molecule has 0 N–H and O–H groups in total. The second-order valence-electron chi connectivity index (χ2n) is 8.88. The molecule has 36 heavy (non-hydrogen) atoms.